The number of aryl methyl sites for hydroxylation is 1. The van der Waals surface area contributed by atoms with Crippen LogP contribution < -0.4 is 10.4 Å². The van der Waals surface area contributed by atoms with Gasteiger partial charge in [-0.1, -0.05) is 62.7 Å². The molecule has 0 bridgehead atoms. The molecule has 1 atom stereocenters. The third-order valence-electron chi connectivity index (χ3n) is 4.14. The van der Waals surface area contributed by atoms with Crippen molar-refractivity contribution in [3.05, 3.63) is 70.8 Å². The predicted molar refractivity (Wildman–Crippen MR) is 96.2 cm³/mol. The van der Waals surface area contributed by atoms with Gasteiger partial charge in [-0.25, -0.2) is 0 Å². The first-order valence-electron chi connectivity index (χ1n) is 8.34. The Balaban J connectivity index is 2.24. The Morgan fingerprint density at radius 3 is 2.24 bits per heavy atom. The molecular formula is C21H24NO3-. The van der Waals surface area contributed by atoms with Gasteiger partial charge in [-0.15, -0.1) is 0 Å². The summed E-state index contributed by atoms with van der Waals surface area (Å²) in [6.45, 7) is 8.24. The van der Waals surface area contributed by atoms with Crippen LogP contribution in [0.2, 0.25) is 0 Å². The van der Waals surface area contributed by atoms with E-state index < -0.39 is 12.0 Å². The molecule has 0 aliphatic heterocycles. The maximum Gasteiger partial charge on any atom is 0.251 e. The van der Waals surface area contributed by atoms with Gasteiger partial charge in [0.25, 0.3) is 5.91 Å². The van der Waals surface area contributed by atoms with E-state index in [1.807, 2.05) is 37.3 Å². The molecule has 2 aromatic rings. The average molecular weight is 338 g/mol. The lowest BCUT2D eigenvalue weighted by atomic mass is 9.86. The molecule has 0 saturated heterocycles. The Labute approximate surface area is 148 Å². The molecule has 25 heavy (non-hydrogen) atoms. The largest absolute Gasteiger partial charge is 0.550 e. The quantitative estimate of drug-likeness (QED) is 0.911. The zero-order chi connectivity index (χ0) is 18.6. The second-order valence-corrected chi connectivity index (χ2v) is 7.34. The molecule has 4 nitrogen and oxygen atoms in total. The Morgan fingerprint density at radius 2 is 1.72 bits per heavy atom. The van der Waals surface area contributed by atoms with Crippen LogP contribution >= 0.6 is 0 Å². The Bertz CT molecular complexity index is 757. The van der Waals surface area contributed by atoms with Crippen molar-refractivity contribution in [1.29, 1.82) is 0 Å². The summed E-state index contributed by atoms with van der Waals surface area (Å²) >= 11 is 0. The van der Waals surface area contributed by atoms with E-state index in [0.717, 1.165) is 16.7 Å². The van der Waals surface area contributed by atoms with Crippen LogP contribution in [0.1, 0.15) is 60.3 Å². The van der Waals surface area contributed by atoms with E-state index in [9.17, 15) is 14.7 Å². The molecule has 132 valence electrons. The second kappa shape index (κ2) is 7.51. The fourth-order valence-electron chi connectivity index (χ4n) is 2.66. The normalized spacial score (nSPS) is 12.5. The first-order valence-corrected chi connectivity index (χ1v) is 8.34. The highest BCUT2D eigenvalue weighted by molar-refractivity contribution is 5.94. The molecule has 0 saturated carbocycles. The number of nitrogens with one attached hydrogen (secondary N) is 1. The Kier molecular flexibility index (Phi) is 5.62. The number of aliphatic carboxylic acids is 1. The van der Waals surface area contributed by atoms with Gasteiger partial charge in [-0.3, -0.25) is 4.79 Å². The van der Waals surface area contributed by atoms with Crippen LogP contribution in [0.5, 0.6) is 0 Å². The molecule has 0 aliphatic carbocycles. The zero-order valence-corrected chi connectivity index (χ0v) is 15.1. The number of hydrogen-bond acceptors (Lipinski definition) is 3. The molecule has 0 spiro atoms. The summed E-state index contributed by atoms with van der Waals surface area (Å²) in [4.78, 5) is 23.6. The lowest BCUT2D eigenvalue weighted by Crippen LogP contribution is -2.34. The summed E-state index contributed by atoms with van der Waals surface area (Å²) < 4.78 is 0. The van der Waals surface area contributed by atoms with Crippen molar-refractivity contribution in [2.75, 3.05) is 0 Å². The third kappa shape index (κ3) is 5.18. The molecule has 1 N–H and O–H groups in total. The highest BCUT2D eigenvalue weighted by Gasteiger charge is 2.18. The van der Waals surface area contributed by atoms with E-state index >= 15 is 0 Å². The van der Waals surface area contributed by atoms with E-state index in [2.05, 4.69) is 26.1 Å². The number of carbonyl (C=O) groups is 2. The van der Waals surface area contributed by atoms with E-state index in [4.69, 9.17) is 0 Å². The molecule has 4 heteroatoms. The molecule has 0 aliphatic rings. The van der Waals surface area contributed by atoms with Crippen LogP contribution in [0.4, 0.5) is 0 Å². The first-order chi connectivity index (χ1) is 11.7. The summed E-state index contributed by atoms with van der Waals surface area (Å²) in [7, 11) is 0. The molecule has 1 amide bonds. The van der Waals surface area contributed by atoms with Crippen LogP contribution in [-0.4, -0.2) is 11.9 Å². The first kappa shape index (κ1) is 18.7. The molecule has 0 unspecified atom stereocenters. The summed E-state index contributed by atoms with van der Waals surface area (Å²) in [6.07, 6.45) is -0.271. The van der Waals surface area contributed by atoms with Gasteiger partial charge in [-0.2, -0.15) is 0 Å². The van der Waals surface area contributed by atoms with Crippen LogP contribution in [-0.2, 0) is 10.2 Å². The molecule has 2 rings (SSSR count). The van der Waals surface area contributed by atoms with Crippen molar-refractivity contribution in [2.45, 2.75) is 45.6 Å². The van der Waals surface area contributed by atoms with E-state index in [1.165, 1.54) is 0 Å². The van der Waals surface area contributed by atoms with E-state index in [-0.39, 0.29) is 17.7 Å². The summed E-state index contributed by atoms with van der Waals surface area (Å²) in [5.41, 5.74) is 3.38. The fourth-order valence-corrected chi connectivity index (χ4v) is 2.66. The van der Waals surface area contributed by atoms with Gasteiger partial charge in [0, 0.05) is 18.0 Å². The molecule has 0 radical (unpaired) electrons. The van der Waals surface area contributed by atoms with Gasteiger partial charge in [0.15, 0.2) is 0 Å². The lowest BCUT2D eigenvalue weighted by molar-refractivity contribution is -0.306. The second-order valence-electron chi connectivity index (χ2n) is 7.34. The lowest BCUT2D eigenvalue weighted by Gasteiger charge is -2.23. The highest BCUT2D eigenvalue weighted by Crippen LogP contribution is 2.25. The minimum atomic E-state index is -1.20. The van der Waals surface area contributed by atoms with Gasteiger partial charge in [-0.05, 0) is 35.6 Å². The molecular weight excluding hydrogens is 314 g/mol. The molecule has 0 fully saturated rings. The Hall–Kier alpha value is -2.62. The van der Waals surface area contributed by atoms with Crippen LogP contribution in [0.25, 0.3) is 0 Å². The third-order valence-corrected chi connectivity index (χ3v) is 4.14. The minimum absolute atomic E-state index is 0.00714. The van der Waals surface area contributed by atoms with Crippen molar-refractivity contribution >= 4 is 11.9 Å². The summed E-state index contributed by atoms with van der Waals surface area (Å²) in [5.74, 6) is -1.50. The summed E-state index contributed by atoms with van der Waals surface area (Å²) in [6, 6.07) is 14.2. The number of rotatable bonds is 5. The molecule has 2 aromatic carbocycles. The topological polar surface area (TPSA) is 69.2 Å². The highest BCUT2D eigenvalue weighted by atomic mass is 16.4. The fraction of sp³-hybridized carbons (Fsp3) is 0.333. The smallest absolute Gasteiger partial charge is 0.251 e. The maximum absolute atomic E-state index is 12.5. The number of carbonyl (C=O) groups excluding carboxylic acids is 2. The summed E-state index contributed by atoms with van der Waals surface area (Å²) in [5, 5.41) is 13.9. The van der Waals surface area contributed by atoms with Crippen molar-refractivity contribution in [3.63, 3.8) is 0 Å². The van der Waals surface area contributed by atoms with Gasteiger partial charge in [0.1, 0.15) is 0 Å². The maximum atomic E-state index is 12.5. The standard InChI is InChI=1S/C21H25NO3/c1-14-6-5-7-16(12-14)20(25)22-18(13-19(23)24)15-8-10-17(11-9-15)21(2,3)4/h5-12,18H,13H2,1-4H3,(H,22,25)(H,23,24)/p-1/t18-/m0/s1. The van der Waals surface area contributed by atoms with Crippen molar-refractivity contribution in [3.8, 4) is 0 Å². The van der Waals surface area contributed by atoms with Gasteiger partial charge in [0.2, 0.25) is 0 Å². The van der Waals surface area contributed by atoms with Crippen molar-refractivity contribution in [2.24, 2.45) is 0 Å². The minimum Gasteiger partial charge on any atom is -0.550 e. The molecule has 0 aromatic heterocycles. The average Bonchev–Trinajstić information content (AvgIpc) is 2.53. The SMILES string of the molecule is Cc1cccc(C(=O)N[C@@H](CC(=O)[O-])c2ccc(C(C)(C)C)cc2)c1. The monoisotopic (exact) mass is 338 g/mol. The number of carboxylic acid groups (broad SMARTS) is 1. The van der Waals surface area contributed by atoms with E-state index in [1.54, 1.807) is 18.2 Å². The number of amides is 1. The van der Waals surface area contributed by atoms with Crippen molar-refractivity contribution in [1.82, 2.24) is 5.32 Å². The van der Waals surface area contributed by atoms with Gasteiger partial charge in [0.05, 0.1) is 6.04 Å². The predicted octanol–water partition coefficient (Wildman–Crippen LogP) is 2.90. The number of hydrogen-bond donors (Lipinski definition) is 1. The zero-order valence-electron chi connectivity index (χ0n) is 15.1. The van der Waals surface area contributed by atoms with E-state index in [0.29, 0.717) is 5.56 Å². The number of benzene rings is 2. The van der Waals surface area contributed by atoms with Crippen molar-refractivity contribution < 1.29 is 14.7 Å². The number of carboxylic acids is 1. The molecule has 0 heterocycles. The van der Waals surface area contributed by atoms with Crippen LogP contribution in [0.3, 0.4) is 0 Å². The van der Waals surface area contributed by atoms with Crippen LogP contribution in [0.15, 0.2) is 48.5 Å². The Morgan fingerprint density at radius 1 is 1.08 bits per heavy atom. The van der Waals surface area contributed by atoms with Gasteiger partial charge >= 0.3 is 0 Å². The van der Waals surface area contributed by atoms with Gasteiger partial charge < -0.3 is 15.2 Å². The van der Waals surface area contributed by atoms with Crippen LogP contribution in [0, 0.1) is 6.92 Å².